The van der Waals surface area contributed by atoms with Gasteiger partial charge in [-0.2, -0.15) is 15.0 Å². The lowest BCUT2D eigenvalue weighted by Crippen LogP contribution is -2.11. The third-order valence-corrected chi connectivity index (χ3v) is 3.27. The number of nitrogens with zero attached hydrogens (tertiary/aromatic N) is 3. The van der Waals surface area contributed by atoms with E-state index in [1.54, 1.807) is 0 Å². The van der Waals surface area contributed by atoms with Crippen LogP contribution in [0.1, 0.15) is 25.5 Å². The Kier molecular flexibility index (Phi) is 5.14. The zero-order chi connectivity index (χ0) is 14.5. The average Bonchev–Trinajstić information content (AvgIpc) is 2.39. The van der Waals surface area contributed by atoms with Crippen molar-refractivity contribution in [3.05, 3.63) is 39.6 Å². The van der Waals surface area contributed by atoms with E-state index in [1.807, 2.05) is 38.1 Å². The highest BCUT2D eigenvalue weighted by molar-refractivity contribution is 9.10. The van der Waals surface area contributed by atoms with Crippen LogP contribution in [0.15, 0.2) is 28.7 Å². The summed E-state index contributed by atoms with van der Waals surface area (Å²) in [5, 5.41) is 3.28. The first kappa shape index (κ1) is 15.0. The van der Waals surface area contributed by atoms with Crippen molar-refractivity contribution in [2.24, 2.45) is 0 Å². The molecule has 0 amide bonds. The molecule has 1 heterocycles. The Morgan fingerprint density at radius 2 is 1.95 bits per heavy atom. The summed E-state index contributed by atoms with van der Waals surface area (Å²) in [6, 6.07) is 8.27. The van der Waals surface area contributed by atoms with Crippen molar-refractivity contribution >= 4 is 33.5 Å². The van der Waals surface area contributed by atoms with Crippen molar-refractivity contribution in [3.63, 3.8) is 0 Å². The summed E-state index contributed by atoms with van der Waals surface area (Å²) in [5.41, 5.74) is 1.11. The second-order valence-corrected chi connectivity index (χ2v) is 5.31. The molecule has 0 fully saturated rings. The molecule has 1 unspecified atom stereocenters. The lowest BCUT2D eigenvalue weighted by Gasteiger charge is -2.14. The van der Waals surface area contributed by atoms with Crippen LogP contribution in [0, 0.1) is 0 Å². The molecule has 7 heteroatoms. The summed E-state index contributed by atoms with van der Waals surface area (Å²) < 4.78 is 6.27. The van der Waals surface area contributed by atoms with E-state index in [1.165, 1.54) is 0 Å². The molecule has 2 rings (SSSR count). The molecule has 0 aliphatic heterocycles. The fraction of sp³-hybridized carbons (Fsp3) is 0.308. The molecule has 0 spiro atoms. The standard InChI is InChI=1S/C13H14BrClN4O/c1-3-20-13-18-11(15)17-12(19-13)16-8(2)9-4-6-10(14)7-5-9/h4-8H,3H2,1-2H3,(H,16,17,18,19). The molecule has 5 nitrogen and oxygen atoms in total. The average molecular weight is 358 g/mol. The van der Waals surface area contributed by atoms with E-state index in [4.69, 9.17) is 16.3 Å². The minimum Gasteiger partial charge on any atom is -0.464 e. The van der Waals surface area contributed by atoms with Crippen LogP contribution in [-0.2, 0) is 0 Å². The van der Waals surface area contributed by atoms with Gasteiger partial charge in [-0.05, 0) is 43.1 Å². The van der Waals surface area contributed by atoms with Gasteiger partial charge < -0.3 is 10.1 Å². The van der Waals surface area contributed by atoms with Crippen LogP contribution >= 0.6 is 27.5 Å². The van der Waals surface area contributed by atoms with Crippen LogP contribution in [0.5, 0.6) is 6.01 Å². The molecule has 106 valence electrons. The minimum atomic E-state index is 0.0380. The summed E-state index contributed by atoms with van der Waals surface area (Å²) in [4.78, 5) is 12.1. The largest absolute Gasteiger partial charge is 0.464 e. The number of ether oxygens (including phenoxy) is 1. The van der Waals surface area contributed by atoms with Gasteiger partial charge in [-0.25, -0.2) is 0 Å². The van der Waals surface area contributed by atoms with Crippen LogP contribution in [0.4, 0.5) is 5.95 Å². The number of hydrogen-bond acceptors (Lipinski definition) is 5. The van der Waals surface area contributed by atoms with Gasteiger partial charge in [-0.3, -0.25) is 0 Å². The van der Waals surface area contributed by atoms with E-state index in [0.29, 0.717) is 12.6 Å². The maximum Gasteiger partial charge on any atom is 0.322 e. The molecule has 0 radical (unpaired) electrons. The summed E-state index contributed by atoms with van der Waals surface area (Å²) in [6.45, 7) is 4.35. The smallest absolute Gasteiger partial charge is 0.322 e. The first-order chi connectivity index (χ1) is 9.58. The van der Waals surface area contributed by atoms with Gasteiger partial charge in [-0.15, -0.1) is 0 Å². The monoisotopic (exact) mass is 356 g/mol. The molecular formula is C13H14BrClN4O. The lowest BCUT2D eigenvalue weighted by atomic mass is 10.1. The van der Waals surface area contributed by atoms with Crippen LogP contribution in [0.2, 0.25) is 5.28 Å². The first-order valence-corrected chi connectivity index (χ1v) is 7.32. The molecule has 0 bridgehead atoms. The molecule has 0 aliphatic carbocycles. The number of halogens is 2. The third-order valence-electron chi connectivity index (χ3n) is 2.58. The molecule has 1 aromatic heterocycles. The van der Waals surface area contributed by atoms with E-state index >= 15 is 0 Å². The number of hydrogen-bond donors (Lipinski definition) is 1. The SMILES string of the molecule is CCOc1nc(Cl)nc(NC(C)c2ccc(Br)cc2)n1. The molecule has 0 saturated heterocycles. The van der Waals surface area contributed by atoms with Crippen molar-refractivity contribution in [2.75, 3.05) is 11.9 Å². The number of rotatable bonds is 5. The Labute approximate surface area is 130 Å². The maximum atomic E-state index is 5.85. The van der Waals surface area contributed by atoms with Crippen molar-refractivity contribution in [3.8, 4) is 6.01 Å². The molecule has 1 N–H and O–H groups in total. The number of anilines is 1. The Hall–Kier alpha value is -1.40. The van der Waals surface area contributed by atoms with Gasteiger partial charge in [-0.1, -0.05) is 28.1 Å². The predicted octanol–water partition coefficient (Wildman–Crippen LogP) is 3.86. The van der Waals surface area contributed by atoms with Gasteiger partial charge in [0.25, 0.3) is 0 Å². The quantitative estimate of drug-likeness (QED) is 0.880. The van der Waals surface area contributed by atoms with E-state index in [-0.39, 0.29) is 17.3 Å². The Bertz CT molecular complexity index is 579. The normalized spacial score (nSPS) is 12.0. The second-order valence-electron chi connectivity index (χ2n) is 4.06. The summed E-state index contributed by atoms with van der Waals surface area (Å²) in [5.74, 6) is 0.392. The maximum absolute atomic E-state index is 5.85. The van der Waals surface area contributed by atoms with Gasteiger partial charge in [0, 0.05) is 4.47 Å². The molecule has 2 aromatic rings. The third kappa shape index (κ3) is 4.05. The Balaban J connectivity index is 2.14. The second kappa shape index (κ2) is 6.85. The van der Waals surface area contributed by atoms with E-state index in [2.05, 4.69) is 36.2 Å². The van der Waals surface area contributed by atoms with Crippen LogP contribution in [0.3, 0.4) is 0 Å². The molecule has 20 heavy (non-hydrogen) atoms. The van der Waals surface area contributed by atoms with Gasteiger partial charge in [0.1, 0.15) is 0 Å². The van der Waals surface area contributed by atoms with Gasteiger partial charge >= 0.3 is 6.01 Å². The summed E-state index contributed by atoms with van der Waals surface area (Å²) >= 11 is 9.26. The number of nitrogens with one attached hydrogen (secondary N) is 1. The van der Waals surface area contributed by atoms with Gasteiger partial charge in [0.2, 0.25) is 11.2 Å². The van der Waals surface area contributed by atoms with Crippen molar-refractivity contribution < 1.29 is 4.74 Å². The topological polar surface area (TPSA) is 59.9 Å². The van der Waals surface area contributed by atoms with E-state index in [9.17, 15) is 0 Å². The van der Waals surface area contributed by atoms with E-state index < -0.39 is 0 Å². The fourth-order valence-corrected chi connectivity index (χ4v) is 2.04. The van der Waals surface area contributed by atoms with Crippen LogP contribution < -0.4 is 10.1 Å². The number of benzene rings is 1. The fourth-order valence-electron chi connectivity index (χ4n) is 1.62. The van der Waals surface area contributed by atoms with E-state index in [0.717, 1.165) is 10.0 Å². The van der Waals surface area contributed by atoms with Crippen molar-refractivity contribution in [1.82, 2.24) is 15.0 Å². The Morgan fingerprint density at radius 3 is 2.60 bits per heavy atom. The molecule has 1 atom stereocenters. The summed E-state index contributed by atoms with van der Waals surface area (Å²) in [6.07, 6.45) is 0. The van der Waals surface area contributed by atoms with Crippen LogP contribution in [0.25, 0.3) is 0 Å². The van der Waals surface area contributed by atoms with Crippen LogP contribution in [-0.4, -0.2) is 21.6 Å². The predicted molar refractivity (Wildman–Crippen MR) is 82.2 cm³/mol. The zero-order valence-electron chi connectivity index (χ0n) is 11.1. The highest BCUT2D eigenvalue weighted by Gasteiger charge is 2.10. The highest BCUT2D eigenvalue weighted by atomic mass is 79.9. The molecule has 0 aliphatic rings. The number of aromatic nitrogens is 3. The molecule has 0 saturated carbocycles. The van der Waals surface area contributed by atoms with Gasteiger partial charge in [0.15, 0.2) is 0 Å². The first-order valence-electron chi connectivity index (χ1n) is 6.15. The summed E-state index contributed by atoms with van der Waals surface area (Å²) in [7, 11) is 0. The molecule has 1 aromatic carbocycles. The minimum absolute atomic E-state index is 0.0380. The lowest BCUT2D eigenvalue weighted by molar-refractivity contribution is 0.312. The molecular weight excluding hydrogens is 344 g/mol. The highest BCUT2D eigenvalue weighted by Crippen LogP contribution is 2.20. The Morgan fingerprint density at radius 1 is 1.25 bits per heavy atom. The van der Waals surface area contributed by atoms with Gasteiger partial charge in [0.05, 0.1) is 12.6 Å². The zero-order valence-corrected chi connectivity index (χ0v) is 13.4. The van der Waals surface area contributed by atoms with Crippen molar-refractivity contribution in [2.45, 2.75) is 19.9 Å². The van der Waals surface area contributed by atoms with Crippen molar-refractivity contribution in [1.29, 1.82) is 0 Å².